The molecule has 1 heterocycles. The predicted octanol–water partition coefficient (Wildman–Crippen LogP) is 0.853. The number of carboxylic acids is 1. The van der Waals surface area contributed by atoms with Gasteiger partial charge in [-0.3, -0.25) is 4.79 Å². The van der Waals surface area contributed by atoms with Gasteiger partial charge in [-0.25, -0.2) is 13.6 Å². The van der Waals surface area contributed by atoms with E-state index in [0.29, 0.717) is 19.4 Å². The molecule has 1 saturated heterocycles. The first-order chi connectivity index (χ1) is 9.43. The number of halogens is 2. The van der Waals surface area contributed by atoms with E-state index < -0.39 is 25.0 Å². The van der Waals surface area contributed by atoms with Crippen molar-refractivity contribution in [1.29, 1.82) is 0 Å². The number of carbonyl (C=O) groups excluding carboxylic acids is 1. The van der Waals surface area contributed by atoms with E-state index in [1.54, 1.807) is 0 Å². The van der Waals surface area contributed by atoms with Gasteiger partial charge in [-0.05, 0) is 18.8 Å². The highest BCUT2D eigenvalue weighted by Crippen LogP contribution is 2.20. The third kappa shape index (κ3) is 5.28. The number of urea groups is 1. The number of aliphatic hydroxyl groups is 1. The maximum absolute atomic E-state index is 12.4. The van der Waals surface area contributed by atoms with Gasteiger partial charge in [-0.2, -0.15) is 0 Å². The molecule has 0 aromatic rings. The Hall–Kier alpha value is -1.44. The Balaban J connectivity index is 2.60. The SMILES string of the molecule is O=C(O)CC1CCCN(C(=O)N(CCO)CC(F)F)C1. The van der Waals surface area contributed by atoms with E-state index in [0.717, 1.165) is 4.90 Å². The fourth-order valence-electron chi connectivity index (χ4n) is 2.40. The summed E-state index contributed by atoms with van der Waals surface area (Å²) < 4.78 is 24.8. The number of aliphatic carboxylic acids is 1. The minimum atomic E-state index is -2.66. The van der Waals surface area contributed by atoms with Crippen LogP contribution >= 0.6 is 0 Å². The van der Waals surface area contributed by atoms with Gasteiger partial charge in [0.15, 0.2) is 0 Å². The summed E-state index contributed by atoms with van der Waals surface area (Å²) in [5.74, 6) is -1.07. The molecular formula is C12H20F2N2O4. The average molecular weight is 294 g/mol. The van der Waals surface area contributed by atoms with E-state index in [1.165, 1.54) is 4.90 Å². The number of hydrogen-bond acceptors (Lipinski definition) is 3. The summed E-state index contributed by atoms with van der Waals surface area (Å²) in [5.41, 5.74) is 0. The number of hydrogen-bond donors (Lipinski definition) is 2. The van der Waals surface area contributed by atoms with Crippen molar-refractivity contribution in [2.24, 2.45) is 5.92 Å². The molecule has 1 fully saturated rings. The first kappa shape index (κ1) is 16.6. The van der Waals surface area contributed by atoms with E-state index in [-0.39, 0.29) is 32.0 Å². The van der Waals surface area contributed by atoms with Gasteiger partial charge in [-0.15, -0.1) is 0 Å². The first-order valence-electron chi connectivity index (χ1n) is 6.58. The molecule has 2 amide bonds. The zero-order valence-corrected chi connectivity index (χ0v) is 11.2. The van der Waals surface area contributed by atoms with Gasteiger partial charge in [0.05, 0.1) is 13.2 Å². The Kier molecular flexibility index (Phi) is 6.63. The molecule has 0 spiro atoms. The van der Waals surface area contributed by atoms with Crippen LogP contribution in [0.1, 0.15) is 19.3 Å². The van der Waals surface area contributed by atoms with Gasteiger partial charge in [0, 0.05) is 26.1 Å². The standard InChI is InChI=1S/C12H20F2N2O4/c13-10(14)8-16(4-5-17)12(20)15-3-1-2-9(7-15)6-11(18)19/h9-10,17H,1-8H2,(H,18,19). The minimum absolute atomic E-state index is 0.0291. The van der Waals surface area contributed by atoms with E-state index in [4.69, 9.17) is 10.2 Å². The highest BCUT2D eigenvalue weighted by Gasteiger charge is 2.29. The number of piperidine rings is 1. The largest absolute Gasteiger partial charge is 0.481 e. The van der Waals surface area contributed by atoms with E-state index >= 15 is 0 Å². The Morgan fingerprint density at radius 1 is 1.40 bits per heavy atom. The number of carboxylic acid groups (broad SMARTS) is 1. The van der Waals surface area contributed by atoms with Crippen LogP contribution in [0.3, 0.4) is 0 Å². The summed E-state index contributed by atoms with van der Waals surface area (Å²) >= 11 is 0. The third-order valence-electron chi connectivity index (χ3n) is 3.25. The van der Waals surface area contributed by atoms with Gasteiger partial charge in [0.2, 0.25) is 0 Å². The van der Waals surface area contributed by atoms with Crippen LogP contribution in [0.2, 0.25) is 0 Å². The van der Waals surface area contributed by atoms with Crippen molar-refractivity contribution in [2.45, 2.75) is 25.7 Å². The van der Waals surface area contributed by atoms with Crippen LogP contribution in [0.4, 0.5) is 13.6 Å². The van der Waals surface area contributed by atoms with E-state index in [1.807, 2.05) is 0 Å². The molecule has 0 aliphatic carbocycles. The molecule has 1 unspecified atom stereocenters. The minimum Gasteiger partial charge on any atom is -0.481 e. The lowest BCUT2D eigenvalue weighted by Crippen LogP contribution is -2.49. The normalized spacial score (nSPS) is 19.2. The second-order valence-electron chi connectivity index (χ2n) is 4.90. The van der Waals surface area contributed by atoms with Crippen molar-refractivity contribution in [3.8, 4) is 0 Å². The Morgan fingerprint density at radius 3 is 2.65 bits per heavy atom. The van der Waals surface area contributed by atoms with Crippen LogP contribution < -0.4 is 0 Å². The molecule has 0 bridgehead atoms. The number of likely N-dealkylation sites (tertiary alicyclic amines) is 1. The smallest absolute Gasteiger partial charge is 0.320 e. The summed E-state index contributed by atoms with van der Waals surface area (Å²) in [6.07, 6.45) is -1.32. The monoisotopic (exact) mass is 294 g/mol. The third-order valence-corrected chi connectivity index (χ3v) is 3.25. The molecule has 6 nitrogen and oxygen atoms in total. The number of carbonyl (C=O) groups is 2. The maximum Gasteiger partial charge on any atom is 0.320 e. The summed E-state index contributed by atoms with van der Waals surface area (Å²) in [7, 11) is 0. The van der Waals surface area contributed by atoms with Crippen LogP contribution in [0.25, 0.3) is 0 Å². The molecule has 8 heteroatoms. The molecule has 1 atom stereocenters. The van der Waals surface area contributed by atoms with Crippen LogP contribution in [-0.2, 0) is 4.79 Å². The highest BCUT2D eigenvalue weighted by atomic mass is 19.3. The Morgan fingerprint density at radius 2 is 2.10 bits per heavy atom. The van der Waals surface area contributed by atoms with Crippen molar-refractivity contribution in [3.05, 3.63) is 0 Å². The maximum atomic E-state index is 12.4. The van der Waals surface area contributed by atoms with Gasteiger partial charge >= 0.3 is 12.0 Å². The fraction of sp³-hybridized carbons (Fsp3) is 0.833. The second kappa shape index (κ2) is 7.98. The number of alkyl halides is 2. The van der Waals surface area contributed by atoms with Gasteiger partial charge in [0.1, 0.15) is 0 Å². The van der Waals surface area contributed by atoms with Crippen LogP contribution in [0.15, 0.2) is 0 Å². The molecule has 0 aromatic heterocycles. The summed E-state index contributed by atoms with van der Waals surface area (Å²) in [4.78, 5) is 25.1. The lowest BCUT2D eigenvalue weighted by Gasteiger charge is -2.35. The lowest BCUT2D eigenvalue weighted by molar-refractivity contribution is -0.138. The van der Waals surface area contributed by atoms with Crippen LogP contribution in [0.5, 0.6) is 0 Å². The van der Waals surface area contributed by atoms with Crippen molar-refractivity contribution in [1.82, 2.24) is 9.80 Å². The van der Waals surface area contributed by atoms with Crippen LogP contribution in [0, 0.1) is 5.92 Å². The zero-order valence-electron chi connectivity index (χ0n) is 11.2. The van der Waals surface area contributed by atoms with Gasteiger partial charge in [-0.1, -0.05) is 0 Å². The topological polar surface area (TPSA) is 81.1 Å². The summed E-state index contributed by atoms with van der Waals surface area (Å²) in [5, 5.41) is 17.6. The highest BCUT2D eigenvalue weighted by molar-refractivity contribution is 5.75. The molecule has 20 heavy (non-hydrogen) atoms. The van der Waals surface area contributed by atoms with Crippen molar-refractivity contribution in [3.63, 3.8) is 0 Å². The molecule has 116 valence electrons. The number of aliphatic hydroxyl groups excluding tert-OH is 1. The molecule has 0 aromatic carbocycles. The van der Waals surface area contributed by atoms with Crippen LogP contribution in [-0.4, -0.2) is 71.2 Å². The van der Waals surface area contributed by atoms with Crippen molar-refractivity contribution < 1.29 is 28.6 Å². The molecule has 1 aliphatic rings. The van der Waals surface area contributed by atoms with Gasteiger partial charge in [0.25, 0.3) is 6.43 Å². The van der Waals surface area contributed by atoms with Crippen molar-refractivity contribution >= 4 is 12.0 Å². The van der Waals surface area contributed by atoms with Gasteiger partial charge < -0.3 is 20.0 Å². The first-order valence-corrected chi connectivity index (χ1v) is 6.58. The molecule has 2 N–H and O–H groups in total. The number of rotatable bonds is 6. The zero-order chi connectivity index (χ0) is 15.1. The van der Waals surface area contributed by atoms with E-state index in [9.17, 15) is 18.4 Å². The molecule has 0 saturated carbocycles. The Bertz CT molecular complexity index is 341. The van der Waals surface area contributed by atoms with E-state index in [2.05, 4.69) is 0 Å². The summed E-state index contributed by atoms with van der Waals surface area (Å²) in [6, 6.07) is -0.561. The molecule has 0 radical (unpaired) electrons. The quantitative estimate of drug-likeness (QED) is 0.761. The predicted molar refractivity (Wildman–Crippen MR) is 66.6 cm³/mol. The second-order valence-corrected chi connectivity index (χ2v) is 4.90. The number of nitrogens with zero attached hydrogens (tertiary/aromatic N) is 2. The summed E-state index contributed by atoms with van der Waals surface area (Å²) in [6.45, 7) is -0.565. The van der Waals surface area contributed by atoms with Crippen molar-refractivity contribution in [2.75, 3.05) is 32.8 Å². The average Bonchev–Trinajstić information content (AvgIpc) is 2.36. The fourth-order valence-corrected chi connectivity index (χ4v) is 2.40. The molecule has 1 aliphatic heterocycles. The Labute approximate surface area is 116 Å². The number of amides is 2. The lowest BCUT2D eigenvalue weighted by atomic mass is 9.95. The molecule has 1 rings (SSSR count). The molecular weight excluding hydrogens is 274 g/mol.